The molecule has 1 heterocycles. The second kappa shape index (κ2) is 4.47. The Hall–Kier alpha value is -1.39. The molecule has 1 aromatic rings. The van der Waals surface area contributed by atoms with Gasteiger partial charge in [-0.3, -0.25) is 0 Å². The second-order valence-electron chi connectivity index (χ2n) is 4.27. The normalized spacial score (nSPS) is 15.8. The predicted molar refractivity (Wildman–Crippen MR) is 59.3 cm³/mol. The van der Waals surface area contributed by atoms with Crippen molar-refractivity contribution in [3.63, 3.8) is 0 Å². The number of hydrogen-bond acceptors (Lipinski definition) is 2. The number of aryl methyl sites for hydroxylation is 1. The van der Waals surface area contributed by atoms with Crippen molar-refractivity contribution in [2.75, 3.05) is 18.0 Å². The standard InChI is InChI=1S/C12H14F3NO/c13-12(14,15)5-7-16-6-1-2-9-3-4-10(17)8-11(9)16/h3-4,8,17H,1-2,5-7H2. The Morgan fingerprint density at radius 1 is 1.29 bits per heavy atom. The lowest BCUT2D eigenvalue weighted by atomic mass is 10.0. The van der Waals surface area contributed by atoms with E-state index in [1.165, 1.54) is 0 Å². The number of aromatic hydroxyl groups is 1. The lowest BCUT2D eigenvalue weighted by Gasteiger charge is -2.31. The van der Waals surface area contributed by atoms with Gasteiger partial charge in [0, 0.05) is 24.8 Å². The molecule has 94 valence electrons. The molecule has 1 aliphatic heterocycles. The monoisotopic (exact) mass is 245 g/mol. The molecule has 0 fully saturated rings. The van der Waals surface area contributed by atoms with Crippen LogP contribution in [-0.2, 0) is 6.42 Å². The van der Waals surface area contributed by atoms with Crippen LogP contribution in [0.25, 0.3) is 0 Å². The largest absolute Gasteiger partial charge is 0.508 e. The molecule has 0 amide bonds. The molecule has 5 heteroatoms. The lowest BCUT2D eigenvalue weighted by Crippen LogP contribution is -2.32. The van der Waals surface area contributed by atoms with E-state index in [4.69, 9.17) is 0 Å². The summed E-state index contributed by atoms with van der Waals surface area (Å²) in [4.78, 5) is 1.70. The number of rotatable bonds is 2. The van der Waals surface area contributed by atoms with Crippen LogP contribution in [0.3, 0.4) is 0 Å². The third-order valence-electron chi connectivity index (χ3n) is 2.95. The summed E-state index contributed by atoms with van der Waals surface area (Å²) in [6.07, 6.45) is -3.23. The summed E-state index contributed by atoms with van der Waals surface area (Å²) < 4.78 is 36.6. The van der Waals surface area contributed by atoms with Crippen LogP contribution in [0, 0.1) is 0 Å². The van der Waals surface area contributed by atoms with E-state index < -0.39 is 12.6 Å². The van der Waals surface area contributed by atoms with Gasteiger partial charge >= 0.3 is 6.18 Å². The molecular formula is C12H14F3NO. The fourth-order valence-corrected chi connectivity index (χ4v) is 2.13. The molecule has 1 N–H and O–H groups in total. The predicted octanol–water partition coefficient (Wildman–Crippen LogP) is 3.10. The highest BCUT2D eigenvalue weighted by molar-refractivity contribution is 5.58. The minimum Gasteiger partial charge on any atom is -0.508 e. The molecule has 0 saturated carbocycles. The van der Waals surface area contributed by atoms with E-state index in [1.54, 1.807) is 23.1 Å². The van der Waals surface area contributed by atoms with Gasteiger partial charge in [-0.1, -0.05) is 6.07 Å². The van der Waals surface area contributed by atoms with Gasteiger partial charge in [-0.25, -0.2) is 0 Å². The van der Waals surface area contributed by atoms with Gasteiger partial charge in [0.25, 0.3) is 0 Å². The zero-order valence-corrected chi connectivity index (χ0v) is 9.30. The van der Waals surface area contributed by atoms with Crippen molar-refractivity contribution in [3.05, 3.63) is 23.8 Å². The minimum absolute atomic E-state index is 0.0417. The molecule has 0 aromatic heterocycles. The van der Waals surface area contributed by atoms with Crippen LogP contribution in [-0.4, -0.2) is 24.4 Å². The first-order valence-electron chi connectivity index (χ1n) is 5.59. The van der Waals surface area contributed by atoms with Crippen LogP contribution < -0.4 is 4.90 Å². The van der Waals surface area contributed by atoms with Crippen LogP contribution in [0.1, 0.15) is 18.4 Å². The molecule has 0 saturated heterocycles. The van der Waals surface area contributed by atoms with Gasteiger partial charge in [0.2, 0.25) is 0 Å². The summed E-state index contributed by atoms with van der Waals surface area (Å²) >= 11 is 0. The van der Waals surface area contributed by atoms with Crippen LogP contribution in [0.15, 0.2) is 18.2 Å². The minimum atomic E-state index is -4.13. The first-order chi connectivity index (χ1) is 7.96. The Morgan fingerprint density at radius 3 is 2.76 bits per heavy atom. The smallest absolute Gasteiger partial charge is 0.390 e. The van der Waals surface area contributed by atoms with Gasteiger partial charge in [0.15, 0.2) is 0 Å². The van der Waals surface area contributed by atoms with Crippen molar-refractivity contribution in [2.24, 2.45) is 0 Å². The summed E-state index contributed by atoms with van der Waals surface area (Å²) in [6, 6.07) is 4.90. The topological polar surface area (TPSA) is 23.5 Å². The maximum absolute atomic E-state index is 12.2. The van der Waals surface area contributed by atoms with Crippen molar-refractivity contribution >= 4 is 5.69 Å². The summed E-state index contributed by atoms with van der Waals surface area (Å²) in [5.41, 5.74) is 1.75. The van der Waals surface area contributed by atoms with Gasteiger partial charge in [0.1, 0.15) is 5.75 Å². The zero-order chi connectivity index (χ0) is 12.5. The Kier molecular flexibility index (Phi) is 3.17. The van der Waals surface area contributed by atoms with E-state index >= 15 is 0 Å². The summed E-state index contributed by atoms with van der Waals surface area (Å²) in [7, 11) is 0. The SMILES string of the molecule is Oc1ccc2c(c1)N(CCC(F)(F)F)CCC2. The maximum Gasteiger partial charge on any atom is 0.390 e. The summed E-state index contributed by atoms with van der Waals surface area (Å²) in [5, 5.41) is 9.39. The number of nitrogens with zero attached hydrogens (tertiary/aromatic N) is 1. The van der Waals surface area contributed by atoms with Crippen LogP contribution >= 0.6 is 0 Å². The molecule has 2 nitrogen and oxygen atoms in total. The average molecular weight is 245 g/mol. The molecule has 0 aliphatic carbocycles. The second-order valence-corrected chi connectivity index (χ2v) is 4.27. The third-order valence-corrected chi connectivity index (χ3v) is 2.95. The number of benzene rings is 1. The van der Waals surface area contributed by atoms with Crippen molar-refractivity contribution in [1.82, 2.24) is 0 Å². The molecule has 1 aliphatic rings. The molecule has 0 spiro atoms. The van der Waals surface area contributed by atoms with Crippen molar-refractivity contribution in [3.8, 4) is 5.75 Å². The Balaban J connectivity index is 2.14. The summed E-state index contributed by atoms with van der Waals surface area (Å²) in [6.45, 7) is 0.576. The average Bonchev–Trinajstić information content (AvgIpc) is 2.25. The van der Waals surface area contributed by atoms with Gasteiger partial charge < -0.3 is 10.0 Å². The number of alkyl halides is 3. The van der Waals surface area contributed by atoms with Gasteiger partial charge in [-0.15, -0.1) is 0 Å². The highest BCUT2D eigenvalue weighted by atomic mass is 19.4. The highest BCUT2D eigenvalue weighted by Gasteiger charge is 2.29. The number of phenolic OH excluding ortho intramolecular Hbond substituents is 1. The fraction of sp³-hybridized carbons (Fsp3) is 0.500. The first-order valence-corrected chi connectivity index (χ1v) is 5.59. The maximum atomic E-state index is 12.2. The Morgan fingerprint density at radius 2 is 2.06 bits per heavy atom. The van der Waals surface area contributed by atoms with Crippen LogP contribution in [0.5, 0.6) is 5.75 Å². The van der Waals surface area contributed by atoms with Gasteiger partial charge in [0.05, 0.1) is 6.42 Å². The molecule has 0 bridgehead atoms. The quantitative estimate of drug-likeness (QED) is 0.865. The first kappa shape index (κ1) is 12.1. The highest BCUT2D eigenvalue weighted by Crippen LogP contribution is 2.31. The van der Waals surface area contributed by atoms with Gasteiger partial charge in [-0.2, -0.15) is 13.2 Å². The zero-order valence-electron chi connectivity index (χ0n) is 9.30. The van der Waals surface area contributed by atoms with Crippen molar-refractivity contribution in [1.29, 1.82) is 0 Å². The molecule has 0 atom stereocenters. The van der Waals surface area contributed by atoms with E-state index in [0.717, 1.165) is 24.1 Å². The van der Waals surface area contributed by atoms with E-state index in [-0.39, 0.29) is 12.3 Å². The molecule has 2 rings (SSSR count). The number of hydrogen-bond donors (Lipinski definition) is 1. The van der Waals surface area contributed by atoms with Crippen LogP contribution in [0.4, 0.5) is 18.9 Å². The van der Waals surface area contributed by atoms with E-state index in [9.17, 15) is 18.3 Å². The van der Waals surface area contributed by atoms with E-state index in [2.05, 4.69) is 0 Å². The molecule has 17 heavy (non-hydrogen) atoms. The Labute approximate surface area is 97.7 Å². The molecule has 1 aromatic carbocycles. The van der Waals surface area contributed by atoms with Gasteiger partial charge in [-0.05, 0) is 24.5 Å². The van der Waals surface area contributed by atoms with E-state index in [0.29, 0.717) is 6.54 Å². The van der Waals surface area contributed by atoms with Crippen molar-refractivity contribution < 1.29 is 18.3 Å². The third kappa shape index (κ3) is 3.05. The lowest BCUT2D eigenvalue weighted by molar-refractivity contribution is -0.132. The number of anilines is 1. The Bertz CT molecular complexity index is 403. The number of halogens is 3. The molecule has 0 radical (unpaired) electrons. The number of fused-ring (bicyclic) bond motifs is 1. The number of phenols is 1. The van der Waals surface area contributed by atoms with Crippen molar-refractivity contribution in [2.45, 2.75) is 25.4 Å². The van der Waals surface area contributed by atoms with E-state index in [1.807, 2.05) is 0 Å². The fourth-order valence-electron chi connectivity index (χ4n) is 2.13. The van der Waals surface area contributed by atoms with Crippen LogP contribution in [0.2, 0.25) is 0 Å². The molecular weight excluding hydrogens is 231 g/mol. The summed E-state index contributed by atoms with van der Waals surface area (Å²) in [5.74, 6) is 0.0997. The molecule has 0 unspecified atom stereocenters.